The Balaban J connectivity index is 2.50. The van der Waals surface area contributed by atoms with Gasteiger partial charge in [0.15, 0.2) is 9.84 Å². The van der Waals surface area contributed by atoms with Crippen LogP contribution in [0.2, 0.25) is 0 Å². The van der Waals surface area contributed by atoms with Gasteiger partial charge in [-0.2, -0.15) is 11.8 Å². The molecule has 6 heteroatoms. The van der Waals surface area contributed by atoms with Crippen LogP contribution in [0, 0.1) is 5.92 Å². The van der Waals surface area contributed by atoms with Crippen LogP contribution >= 0.6 is 11.8 Å². The minimum atomic E-state index is -3.18. The summed E-state index contributed by atoms with van der Waals surface area (Å²) in [5, 5.41) is 13.3. The molecule has 0 aliphatic heterocycles. The van der Waals surface area contributed by atoms with E-state index in [1.165, 1.54) is 18.4 Å². The molecule has 1 aromatic carbocycles. The van der Waals surface area contributed by atoms with E-state index in [-0.39, 0.29) is 4.90 Å². The van der Waals surface area contributed by atoms with Gasteiger partial charge in [0.25, 0.3) is 0 Å². The van der Waals surface area contributed by atoms with Crippen LogP contribution in [0.15, 0.2) is 29.2 Å². The lowest BCUT2D eigenvalue weighted by atomic mass is 10.1. The van der Waals surface area contributed by atoms with Crippen molar-refractivity contribution in [2.45, 2.75) is 17.9 Å². The first-order valence-electron chi connectivity index (χ1n) is 6.52. The largest absolute Gasteiger partial charge is 0.387 e. The first kappa shape index (κ1) is 17.5. The van der Waals surface area contributed by atoms with Crippen molar-refractivity contribution in [1.29, 1.82) is 0 Å². The van der Waals surface area contributed by atoms with E-state index in [1.54, 1.807) is 12.1 Å². The number of hydrogen-bond donors (Lipinski definition) is 2. The van der Waals surface area contributed by atoms with Crippen molar-refractivity contribution >= 4 is 21.6 Å². The summed E-state index contributed by atoms with van der Waals surface area (Å²) in [6.45, 7) is 3.49. The molecule has 0 bridgehead atoms. The van der Waals surface area contributed by atoms with E-state index in [9.17, 15) is 13.5 Å². The number of aliphatic hydroxyl groups is 1. The maximum absolute atomic E-state index is 11.3. The molecule has 0 radical (unpaired) electrons. The zero-order valence-corrected chi connectivity index (χ0v) is 13.8. The molecule has 0 saturated heterocycles. The Bertz CT molecular complexity index is 500. The molecular weight excluding hydrogens is 294 g/mol. The molecule has 2 N–H and O–H groups in total. The van der Waals surface area contributed by atoms with Crippen molar-refractivity contribution in [2.75, 3.05) is 31.4 Å². The van der Waals surface area contributed by atoms with Crippen molar-refractivity contribution in [2.24, 2.45) is 5.92 Å². The minimum Gasteiger partial charge on any atom is -0.387 e. The van der Waals surface area contributed by atoms with E-state index in [2.05, 4.69) is 18.5 Å². The average Bonchev–Trinajstić information content (AvgIpc) is 2.38. The summed E-state index contributed by atoms with van der Waals surface area (Å²) in [6, 6.07) is 6.39. The lowest BCUT2D eigenvalue weighted by molar-refractivity contribution is 0.173. The first-order valence-corrected chi connectivity index (χ1v) is 9.81. The topological polar surface area (TPSA) is 66.4 Å². The standard InChI is InChI=1S/C14H23NO3S2/c1-11(10-19-2)8-15-9-14(16)12-4-6-13(7-5-12)20(3,17)18/h4-7,11,14-16H,8-10H2,1-3H3. The normalized spacial score (nSPS) is 15.0. The van der Waals surface area contributed by atoms with Crippen molar-refractivity contribution in [3.05, 3.63) is 29.8 Å². The zero-order valence-electron chi connectivity index (χ0n) is 12.2. The molecule has 0 aliphatic carbocycles. The number of aliphatic hydroxyl groups excluding tert-OH is 1. The van der Waals surface area contributed by atoms with Crippen LogP contribution in [-0.2, 0) is 9.84 Å². The zero-order chi connectivity index (χ0) is 15.2. The number of rotatable bonds is 8. The average molecular weight is 317 g/mol. The second-order valence-electron chi connectivity index (χ2n) is 5.08. The molecule has 0 aliphatic rings. The molecule has 0 heterocycles. The van der Waals surface area contributed by atoms with Gasteiger partial charge in [-0.15, -0.1) is 0 Å². The van der Waals surface area contributed by atoms with Gasteiger partial charge in [0.1, 0.15) is 0 Å². The highest BCUT2D eigenvalue weighted by Gasteiger charge is 2.11. The summed E-state index contributed by atoms with van der Waals surface area (Å²) < 4.78 is 22.7. The highest BCUT2D eigenvalue weighted by atomic mass is 32.2. The molecule has 20 heavy (non-hydrogen) atoms. The lowest BCUT2D eigenvalue weighted by Gasteiger charge is -2.15. The quantitative estimate of drug-likeness (QED) is 0.764. The van der Waals surface area contributed by atoms with E-state index in [0.29, 0.717) is 12.5 Å². The molecule has 0 amide bonds. The molecular formula is C14H23NO3S2. The van der Waals surface area contributed by atoms with Gasteiger partial charge in [0.05, 0.1) is 11.0 Å². The van der Waals surface area contributed by atoms with Crippen LogP contribution < -0.4 is 5.32 Å². The third-order valence-corrected chi connectivity index (χ3v) is 5.01. The monoisotopic (exact) mass is 317 g/mol. The van der Waals surface area contributed by atoms with Gasteiger partial charge in [-0.25, -0.2) is 8.42 Å². The second-order valence-corrected chi connectivity index (χ2v) is 8.00. The fraction of sp³-hybridized carbons (Fsp3) is 0.571. The Hall–Kier alpha value is -0.560. The van der Waals surface area contributed by atoms with Gasteiger partial charge in [-0.1, -0.05) is 19.1 Å². The Morgan fingerprint density at radius 2 is 1.85 bits per heavy atom. The molecule has 1 rings (SSSR count). The molecule has 0 aromatic heterocycles. The van der Waals surface area contributed by atoms with Crippen LogP contribution in [0.4, 0.5) is 0 Å². The Morgan fingerprint density at radius 3 is 2.35 bits per heavy atom. The summed E-state index contributed by atoms with van der Waals surface area (Å²) in [6.07, 6.45) is 2.63. The fourth-order valence-electron chi connectivity index (χ4n) is 1.86. The number of nitrogens with one attached hydrogen (secondary N) is 1. The molecule has 4 nitrogen and oxygen atoms in total. The molecule has 2 unspecified atom stereocenters. The van der Waals surface area contributed by atoms with Gasteiger partial charge in [0.2, 0.25) is 0 Å². The summed E-state index contributed by atoms with van der Waals surface area (Å²) in [4.78, 5) is 0.273. The van der Waals surface area contributed by atoms with E-state index in [1.807, 2.05) is 11.8 Å². The summed E-state index contributed by atoms with van der Waals surface area (Å²) in [5.41, 5.74) is 0.724. The number of benzene rings is 1. The van der Waals surface area contributed by atoms with Gasteiger partial charge in [-0.05, 0) is 42.2 Å². The third kappa shape index (κ3) is 5.83. The second kappa shape index (κ2) is 8.02. The molecule has 0 saturated carbocycles. The van der Waals surface area contributed by atoms with Crippen LogP contribution in [0.3, 0.4) is 0 Å². The van der Waals surface area contributed by atoms with E-state index in [0.717, 1.165) is 17.9 Å². The minimum absolute atomic E-state index is 0.273. The van der Waals surface area contributed by atoms with Crippen molar-refractivity contribution in [1.82, 2.24) is 5.32 Å². The summed E-state index contributed by atoms with van der Waals surface area (Å²) >= 11 is 1.81. The van der Waals surface area contributed by atoms with Gasteiger partial charge >= 0.3 is 0 Å². The third-order valence-electron chi connectivity index (χ3n) is 2.97. The highest BCUT2D eigenvalue weighted by molar-refractivity contribution is 7.98. The maximum atomic E-state index is 11.3. The molecule has 0 spiro atoms. The van der Waals surface area contributed by atoms with Crippen molar-refractivity contribution < 1.29 is 13.5 Å². The Kier molecular flexibility index (Phi) is 7.02. The highest BCUT2D eigenvalue weighted by Crippen LogP contribution is 2.16. The molecule has 1 aromatic rings. The van der Waals surface area contributed by atoms with Crippen LogP contribution in [0.1, 0.15) is 18.6 Å². The van der Waals surface area contributed by atoms with Crippen LogP contribution in [0.25, 0.3) is 0 Å². The predicted molar refractivity (Wildman–Crippen MR) is 84.9 cm³/mol. The molecule has 114 valence electrons. The van der Waals surface area contributed by atoms with Gasteiger partial charge < -0.3 is 10.4 Å². The predicted octanol–water partition coefficient (Wildman–Crippen LogP) is 1.71. The van der Waals surface area contributed by atoms with Gasteiger partial charge in [-0.3, -0.25) is 0 Å². The Labute approximate surface area is 125 Å². The van der Waals surface area contributed by atoms with Crippen molar-refractivity contribution in [3.63, 3.8) is 0 Å². The van der Waals surface area contributed by atoms with Crippen LogP contribution in [0.5, 0.6) is 0 Å². The first-order chi connectivity index (χ1) is 9.34. The lowest BCUT2D eigenvalue weighted by Crippen LogP contribution is -2.27. The fourth-order valence-corrected chi connectivity index (χ4v) is 3.18. The molecule has 2 atom stereocenters. The van der Waals surface area contributed by atoms with Crippen molar-refractivity contribution in [3.8, 4) is 0 Å². The number of thioether (sulfide) groups is 1. The number of sulfone groups is 1. The van der Waals surface area contributed by atoms with E-state index >= 15 is 0 Å². The van der Waals surface area contributed by atoms with E-state index < -0.39 is 15.9 Å². The van der Waals surface area contributed by atoms with Crippen LogP contribution in [-0.4, -0.2) is 44.9 Å². The Morgan fingerprint density at radius 1 is 1.25 bits per heavy atom. The van der Waals surface area contributed by atoms with Gasteiger partial charge in [0, 0.05) is 12.8 Å². The smallest absolute Gasteiger partial charge is 0.175 e. The summed E-state index contributed by atoms with van der Waals surface area (Å²) in [5.74, 6) is 1.65. The van der Waals surface area contributed by atoms with E-state index in [4.69, 9.17) is 0 Å². The SMILES string of the molecule is CSCC(C)CNCC(O)c1ccc(S(C)(=O)=O)cc1. The summed E-state index contributed by atoms with van der Waals surface area (Å²) in [7, 11) is -3.18. The number of hydrogen-bond acceptors (Lipinski definition) is 5. The maximum Gasteiger partial charge on any atom is 0.175 e. The molecule has 0 fully saturated rings.